The van der Waals surface area contributed by atoms with Gasteiger partial charge < -0.3 is 10.0 Å². The maximum atomic E-state index is 10.3. The van der Waals surface area contributed by atoms with E-state index < -0.39 is 6.10 Å². The minimum Gasteiger partial charge on any atom is -0.387 e. The lowest BCUT2D eigenvalue weighted by Crippen LogP contribution is -2.47. The van der Waals surface area contributed by atoms with Crippen LogP contribution in [0.15, 0.2) is 24.3 Å². The van der Waals surface area contributed by atoms with Gasteiger partial charge in [0.1, 0.15) is 0 Å². The second-order valence-corrected chi connectivity index (χ2v) is 6.35. The largest absolute Gasteiger partial charge is 0.387 e. The molecule has 1 saturated heterocycles. The van der Waals surface area contributed by atoms with Crippen LogP contribution in [0, 0.1) is 0 Å². The van der Waals surface area contributed by atoms with E-state index in [-0.39, 0.29) is 12.4 Å². The average molecular weight is 347 g/mol. The number of hydrogen-bond donors (Lipinski definition) is 1. The molecule has 0 radical (unpaired) electrons. The van der Waals surface area contributed by atoms with Crippen molar-refractivity contribution in [3.63, 3.8) is 0 Å². The van der Waals surface area contributed by atoms with Gasteiger partial charge in [-0.15, -0.1) is 12.4 Å². The van der Waals surface area contributed by atoms with Crippen LogP contribution < -0.4 is 0 Å². The molecule has 1 aromatic carbocycles. The Hall–Kier alpha value is -0.320. The molecule has 3 nitrogen and oxygen atoms in total. The first-order valence-electron chi connectivity index (χ1n) is 8.07. The molecule has 1 atom stereocenters. The average Bonchev–Trinajstić information content (AvgIpc) is 2.50. The second-order valence-electron chi connectivity index (χ2n) is 5.92. The van der Waals surface area contributed by atoms with Crippen molar-refractivity contribution in [1.29, 1.82) is 0 Å². The van der Waals surface area contributed by atoms with Crippen LogP contribution in [0.2, 0.25) is 5.02 Å². The highest BCUT2D eigenvalue weighted by Gasteiger charge is 2.19. The molecule has 22 heavy (non-hydrogen) atoms. The Kier molecular flexibility index (Phi) is 9.37. The first kappa shape index (κ1) is 19.7. The van der Waals surface area contributed by atoms with E-state index in [1.165, 1.54) is 25.8 Å². The summed E-state index contributed by atoms with van der Waals surface area (Å²) in [6.45, 7) is 8.53. The Morgan fingerprint density at radius 3 is 2.23 bits per heavy atom. The van der Waals surface area contributed by atoms with Crippen molar-refractivity contribution in [2.45, 2.75) is 32.3 Å². The quantitative estimate of drug-likeness (QED) is 0.764. The summed E-state index contributed by atoms with van der Waals surface area (Å²) in [5.74, 6) is 0. The summed E-state index contributed by atoms with van der Waals surface area (Å²) in [6.07, 6.45) is 3.50. The summed E-state index contributed by atoms with van der Waals surface area (Å²) in [7, 11) is 0. The third-order valence-corrected chi connectivity index (χ3v) is 4.48. The van der Waals surface area contributed by atoms with Crippen LogP contribution in [0.25, 0.3) is 0 Å². The maximum absolute atomic E-state index is 10.3. The van der Waals surface area contributed by atoms with Crippen LogP contribution in [0.1, 0.15) is 37.9 Å². The van der Waals surface area contributed by atoms with E-state index >= 15 is 0 Å². The van der Waals surface area contributed by atoms with E-state index in [0.29, 0.717) is 11.6 Å². The molecule has 1 aromatic rings. The Morgan fingerprint density at radius 2 is 1.64 bits per heavy atom. The lowest BCUT2D eigenvalue weighted by Gasteiger charge is -2.35. The third kappa shape index (κ3) is 6.43. The molecule has 0 spiro atoms. The number of rotatable bonds is 7. The van der Waals surface area contributed by atoms with Gasteiger partial charge in [0.05, 0.1) is 6.10 Å². The van der Waals surface area contributed by atoms with E-state index in [1.54, 1.807) is 0 Å². The molecule has 5 heteroatoms. The highest BCUT2D eigenvalue weighted by molar-refractivity contribution is 6.30. The van der Waals surface area contributed by atoms with Crippen molar-refractivity contribution >= 4 is 24.0 Å². The number of benzene rings is 1. The highest BCUT2D eigenvalue weighted by Crippen LogP contribution is 2.18. The fourth-order valence-corrected chi connectivity index (χ4v) is 2.94. The number of aliphatic hydroxyl groups is 1. The van der Waals surface area contributed by atoms with Gasteiger partial charge in [0, 0.05) is 37.7 Å². The number of β-amino-alcohol motifs (C(OH)–C–C–N with tert-alkyl or cyclic N) is 1. The summed E-state index contributed by atoms with van der Waals surface area (Å²) in [4.78, 5) is 4.90. The zero-order chi connectivity index (χ0) is 15.1. The van der Waals surface area contributed by atoms with Crippen molar-refractivity contribution in [3.8, 4) is 0 Å². The van der Waals surface area contributed by atoms with Crippen molar-refractivity contribution in [2.24, 2.45) is 0 Å². The molecule has 1 N–H and O–H groups in total. The minimum absolute atomic E-state index is 0. The van der Waals surface area contributed by atoms with Crippen LogP contribution >= 0.6 is 24.0 Å². The molecule has 0 aromatic heterocycles. The highest BCUT2D eigenvalue weighted by atomic mass is 35.5. The first-order chi connectivity index (χ1) is 10.2. The van der Waals surface area contributed by atoms with E-state index in [0.717, 1.165) is 31.7 Å². The monoisotopic (exact) mass is 346 g/mol. The van der Waals surface area contributed by atoms with Gasteiger partial charge in [0.25, 0.3) is 0 Å². The number of nitrogens with zero attached hydrogens (tertiary/aromatic N) is 2. The maximum Gasteiger partial charge on any atom is 0.0916 e. The second kappa shape index (κ2) is 10.5. The molecule has 0 bridgehead atoms. The molecule has 1 fully saturated rings. The number of halogens is 2. The number of unbranched alkanes of at least 4 members (excludes halogenated alkanes) is 2. The topological polar surface area (TPSA) is 26.7 Å². The molecule has 1 aliphatic rings. The van der Waals surface area contributed by atoms with E-state index in [1.807, 2.05) is 24.3 Å². The summed E-state index contributed by atoms with van der Waals surface area (Å²) in [6, 6.07) is 7.50. The minimum atomic E-state index is -0.422. The Bertz CT molecular complexity index is 406. The van der Waals surface area contributed by atoms with Crippen molar-refractivity contribution < 1.29 is 5.11 Å². The van der Waals surface area contributed by atoms with Crippen molar-refractivity contribution in [2.75, 3.05) is 39.3 Å². The van der Waals surface area contributed by atoms with Crippen LogP contribution in [0.3, 0.4) is 0 Å². The lowest BCUT2D eigenvalue weighted by molar-refractivity contribution is 0.0720. The van der Waals surface area contributed by atoms with Crippen LogP contribution in [-0.2, 0) is 0 Å². The van der Waals surface area contributed by atoms with Crippen molar-refractivity contribution in [1.82, 2.24) is 9.80 Å². The molecule has 2 rings (SSSR count). The van der Waals surface area contributed by atoms with Gasteiger partial charge in [-0.2, -0.15) is 0 Å². The molecule has 1 heterocycles. The molecule has 0 saturated carbocycles. The standard InChI is InChI=1S/C17H27ClN2O.ClH/c1-2-3-4-9-19-10-12-20(13-11-19)14-17(21)15-5-7-16(18)8-6-15;/h5-8,17,21H,2-4,9-14H2,1H3;1H. The predicted molar refractivity (Wildman–Crippen MR) is 96.1 cm³/mol. The molecule has 1 aliphatic heterocycles. The van der Waals surface area contributed by atoms with E-state index in [2.05, 4.69) is 16.7 Å². The van der Waals surface area contributed by atoms with Crippen LogP contribution in [0.5, 0.6) is 0 Å². The third-order valence-electron chi connectivity index (χ3n) is 4.23. The zero-order valence-electron chi connectivity index (χ0n) is 13.4. The van der Waals surface area contributed by atoms with Gasteiger partial charge in [-0.05, 0) is 30.7 Å². The van der Waals surface area contributed by atoms with Gasteiger partial charge in [-0.3, -0.25) is 4.90 Å². The normalized spacial score (nSPS) is 18.0. The van der Waals surface area contributed by atoms with Gasteiger partial charge in [-0.1, -0.05) is 43.5 Å². The lowest BCUT2D eigenvalue weighted by atomic mass is 10.1. The van der Waals surface area contributed by atoms with Gasteiger partial charge in [0.2, 0.25) is 0 Å². The Labute approximate surface area is 145 Å². The molecule has 1 unspecified atom stereocenters. The molecular formula is C17H28Cl2N2O. The van der Waals surface area contributed by atoms with Crippen LogP contribution in [0.4, 0.5) is 0 Å². The summed E-state index contributed by atoms with van der Waals surface area (Å²) in [5.41, 5.74) is 0.949. The van der Waals surface area contributed by atoms with Gasteiger partial charge in [-0.25, -0.2) is 0 Å². The van der Waals surface area contributed by atoms with E-state index in [4.69, 9.17) is 11.6 Å². The predicted octanol–water partition coefficient (Wildman–Crippen LogP) is 3.60. The number of hydrogen-bond acceptors (Lipinski definition) is 3. The zero-order valence-corrected chi connectivity index (χ0v) is 15.0. The number of piperazine rings is 1. The Morgan fingerprint density at radius 1 is 1.05 bits per heavy atom. The fourth-order valence-electron chi connectivity index (χ4n) is 2.82. The fraction of sp³-hybridized carbons (Fsp3) is 0.647. The number of aliphatic hydroxyl groups excluding tert-OH is 1. The van der Waals surface area contributed by atoms with Gasteiger partial charge in [0.15, 0.2) is 0 Å². The molecule has 0 amide bonds. The van der Waals surface area contributed by atoms with Crippen molar-refractivity contribution in [3.05, 3.63) is 34.9 Å². The van der Waals surface area contributed by atoms with Gasteiger partial charge >= 0.3 is 0 Å². The summed E-state index contributed by atoms with van der Waals surface area (Å²) >= 11 is 5.88. The summed E-state index contributed by atoms with van der Waals surface area (Å²) < 4.78 is 0. The smallest absolute Gasteiger partial charge is 0.0916 e. The Balaban J connectivity index is 0.00000242. The SMILES string of the molecule is CCCCCN1CCN(CC(O)c2ccc(Cl)cc2)CC1.Cl. The molecular weight excluding hydrogens is 319 g/mol. The molecule has 126 valence electrons. The van der Waals surface area contributed by atoms with Crippen LogP contribution in [-0.4, -0.2) is 54.2 Å². The summed E-state index contributed by atoms with van der Waals surface area (Å²) in [5, 5.41) is 11.0. The first-order valence-corrected chi connectivity index (χ1v) is 8.45. The van der Waals surface area contributed by atoms with E-state index in [9.17, 15) is 5.11 Å². The molecule has 0 aliphatic carbocycles.